The van der Waals surface area contributed by atoms with Gasteiger partial charge in [-0.05, 0) is 66.9 Å². The van der Waals surface area contributed by atoms with E-state index in [9.17, 15) is 15.0 Å². The zero-order chi connectivity index (χ0) is 23.5. The molecule has 33 heavy (non-hydrogen) atoms. The van der Waals surface area contributed by atoms with Crippen molar-refractivity contribution >= 4 is 28.8 Å². The van der Waals surface area contributed by atoms with Gasteiger partial charge in [0.05, 0.1) is 0 Å². The molecule has 0 radical (unpaired) electrons. The van der Waals surface area contributed by atoms with Crippen molar-refractivity contribution in [3.8, 4) is 11.5 Å². The number of nitrogens with one attached hydrogen (secondary N) is 2. The van der Waals surface area contributed by atoms with Crippen molar-refractivity contribution in [2.75, 3.05) is 5.32 Å². The number of rotatable bonds is 3. The third-order valence-electron chi connectivity index (χ3n) is 6.55. The van der Waals surface area contributed by atoms with Gasteiger partial charge in [0.15, 0.2) is 5.11 Å². The van der Waals surface area contributed by atoms with E-state index in [4.69, 9.17) is 22.7 Å². The van der Waals surface area contributed by atoms with Gasteiger partial charge in [-0.25, -0.2) is 0 Å². The van der Waals surface area contributed by atoms with E-state index in [0.717, 1.165) is 5.56 Å². The molecule has 2 unspecified atom stereocenters. The van der Waals surface area contributed by atoms with Crippen LogP contribution in [0.5, 0.6) is 11.5 Å². The minimum Gasteiger partial charge on any atom is -0.508 e. The highest BCUT2D eigenvalue weighted by Crippen LogP contribution is 2.59. The number of benzene rings is 2. The SMILES string of the molecule is CC(C)c1ccc2c(c1)OC1(O)C3=CCCC(N)=C3C(=O)C21NC(=S)Nc1ccc(O)cc1. The summed E-state index contributed by atoms with van der Waals surface area (Å²) in [6, 6.07) is 11.9. The summed E-state index contributed by atoms with van der Waals surface area (Å²) in [5, 5.41) is 27.7. The highest BCUT2D eigenvalue weighted by Gasteiger charge is 2.73. The van der Waals surface area contributed by atoms with Gasteiger partial charge in [-0.1, -0.05) is 32.1 Å². The largest absolute Gasteiger partial charge is 0.508 e. The molecule has 0 saturated heterocycles. The fraction of sp³-hybridized carbons (Fsp3) is 0.280. The Morgan fingerprint density at radius 1 is 1.21 bits per heavy atom. The van der Waals surface area contributed by atoms with E-state index >= 15 is 0 Å². The Bertz CT molecular complexity index is 1250. The lowest BCUT2D eigenvalue weighted by Crippen LogP contribution is -2.62. The van der Waals surface area contributed by atoms with Gasteiger partial charge in [0.2, 0.25) is 11.3 Å². The van der Waals surface area contributed by atoms with Gasteiger partial charge < -0.3 is 31.3 Å². The molecule has 0 aromatic heterocycles. The van der Waals surface area contributed by atoms with E-state index in [1.54, 1.807) is 12.1 Å². The zero-order valence-electron chi connectivity index (χ0n) is 18.3. The van der Waals surface area contributed by atoms with Crippen LogP contribution in [-0.2, 0) is 10.3 Å². The maximum atomic E-state index is 14.0. The third-order valence-corrected chi connectivity index (χ3v) is 6.76. The van der Waals surface area contributed by atoms with Crippen molar-refractivity contribution in [2.45, 2.75) is 43.9 Å². The number of ketones is 1. The normalized spacial score (nSPS) is 25.2. The zero-order valence-corrected chi connectivity index (χ0v) is 19.1. The molecular formula is C25H25N3O4S. The number of ether oxygens (including phenoxy) is 1. The number of carbonyl (C=O) groups is 1. The number of aromatic hydroxyl groups is 1. The number of allylic oxidation sites excluding steroid dienone is 2. The summed E-state index contributed by atoms with van der Waals surface area (Å²) in [4.78, 5) is 14.0. The van der Waals surface area contributed by atoms with Gasteiger partial charge >= 0.3 is 0 Å². The van der Waals surface area contributed by atoms with Gasteiger partial charge in [-0.2, -0.15) is 0 Å². The first-order valence-corrected chi connectivity index (χ1v) is 11.3. The molecule has 2 aromatic rings. The number of hydrogen-bond acceptors (Lipinski definition) is 6. The van der Waals surface area contributed by atoms with Crippen LogP contribution in [0.4, 0.5) is 5.69 Å². The van der Waals surface area contributed by atoms with Gasteiger partial charge in [0.25, 0.3) is 5.79 Å². The van der Waals surface area contributed by atoms with Crippen LogP contribution in [0, 0.1) is 0 Å². The van der Waals surface area contributed by atoms with Crippen molar-refractivity contribution in [3.05, 3.63) is 76.5 Å². The first kappa shape index (κ1) is 21.5. The quantitative estimate of drug-likeness (QED) is 0.348. The lowest BCUT2D eigenvalue weighted by Gasteiger charge is -2.35. The molecule has 2 atom stereocenters. The topological polar surface area (TPSA) is 117 Å². The van der Waals surface area contributed by atoms with Crippen LogP contribution < -0.4 is 21.1 Å². The molecule has 2 aromatic carbocycles. The minimum atomic E-state index is -2.00. The number of phenolic OH excluding ortho intramolecular Hbond substituents is 1. The summed E-state index contributed by atoms with van der Waals surface area (Å²) < 4.78 is 6.16. The average molecular weight is 464 g/mol. The second-order valence-corrected chi connectivity index (χ2v) is 9.33. The third kappa shape index (κ3) is 2.98. The summed E-state index contributed by atoms with van der Waals surface area (Å²) in [6.07, 6.45) is 2.95. The maximum Gasteiger partial charge on any atom is 0.270 e. The van der Waals surface area contributed by atoms with Crippen LogP contribution in [0.1, 0.15) is 43.7 Å². The number of anilines is 1. The molecule has 1 aliphatic heterocycles. The van der Waals surface area contributed by atoms with E-state index in [1.807, 2.05) is 24.3 Å². The van der Waals surface area contributed by atoms with Gasteiger partial charge in [-0.3, -0.25) is 4.79 Å². The number of Topliss-reactive ketones (excluding diaryl/α,β-unsaturated/α-hetero) is 1. The van der Waals surface area contributed by atoms with Crippen molar-refractivity contribution in [2.24, 2.45) is 5.73 Å². The molecule has 0 spiro atoms. The fourth-order valence-corrected chi connectivity index (χ4v) is 5.14. The molecule has 0 bridgehead atoms. The summed E-state index contributed by atoms with van der Waals surface area (Å²) in [7, 11) is 0. The molecule has 3 aliphatic rings. The number of phenols is 1. The maximum absolute atomic E-state index is 14.0. The van der Waals surface area contributed by atoms with Gasteiger partial charge in [-0.15, -0.1) is 0 Å². The molecule has 1 saturated carbocycles. The fourth-order valence-electron chi connectivity index (χ4n) is 4.87. The van der Waals surface area contributed by atoms with Crippen LogP contribution in [0.15, 0.2) is 65.4 Å². The number of thiocarbonyl (C=S) groups is 1. The second-order valence-electron chi connectivity index (χ2n) is 8.92. The van der Waals surface area contributed by atoms with E-state index < -0.39 is 11.3 Å². The molecule has 8 heteroatoms. The number of hydrogen-bond donors (Lipinski definition) is 5. The molecule has 1 heterocycles. The summed E-state index contributed by atoms with van der Waals surface area (Å²) in [6.45, 7) is 4.13. The van der Waals surface area contributed by atoms with E-state index in [1.165, 1.54) is 12.1 Å². The number of aliphatic hydroxyl groups is 1. The van der Waals surface area contributed by atoms with Crippen molar-refractivity contribution in [1.82, 2.24) is 5.32 Å². The number of carbonyl (C=O) groups excluding carboxylic acids is 1. The summed E-state index contributed by atoms with van der Waals surface area (Å²) in [5.74, 6) is -1.58. The smallest absolute Gasteiger partial charge is 0.270 e. The Kier molecular flexibility index (Phi) is 4.77. The van der Waals surface area contributed by atoms with Crippen molar-refractivity contribution in [1.29, 1.82) is 0 Å². The van der Waals surface area contributed by atoms with E-state index in [0.29, 0.717) is 46.7 Å². The molecule has 5 rings (SSSR count). The molecule has 2 aliphatic carbocycles. The lowest BCUT2D eigenvalue weighted by atomic mass is 9.83. The molecule has 0 amide bonds. The molecule has 7 nitrogen and oxygen atoms in total. The minimum absolute atomic E-state index is 0.121. The van der Waals surface area contributed by atoms with Crippen LogP contribution in [0.2, 0.25) is 0 Å². The first-order chi connectivity index (χ1) is 15.7. The van der Waals surface area contributed by atoms with Crippen LogP contribution in [0.3, 0.4) is 0 Å². The van der Waals surface area contributed by atoms with Crippen LogP contribution in [0.25, 0.3) is 0 Å². The highest BCUT2D eigenvalue weighted by atomic mass is 32.1. The van der Waals surface area contributed by atoms with Crippen LogP contribution >= 0.6 is 12.2 Å². The predicted molar refractivity (Wildman–Crippen MR) is 129 cm³/mol. The molecule has 1 fully saturated rings. The first-order valence-electron chi connectivity index (χ1n) is 10.9. The Morgan fingerprint density at radius 3 is 2.64 bits per heavy atom. The van der Waals surface area contributed by atoms with Crippen LogP contribution in [-0.4, -0.2) is 26.9 Å². The van der Waals surface area contributed by atoms with E-state index in [-0.39, 0.29) is 22.6 Å². The lowest BCUT2D eigenvalue weighted by molar-refractivity contribution is -0.150. The Labute approximate surface area is 196 Å². The molecular weight excluding hydrogens is 438 g/mol. The average Bonchev–Trinajstić information content (AvgIpc) is 3.12. The van der Waals surface area contributed by atoms with E-state index in [2.05, 4.69) is 24.5 Å². The Balaban J connectivity index is 1.63. The second kappa shape index (κ2) is 7.33. The summed E-state index contributed by atoms with van der Waals surface area (Å²) >= 11 is 5.55. The van der Waals surface area contributed by atoms with Crippen molar-refractivity contribution < 1.29 is 19.7 Å². The molecule has 170 valence electrons. The highest BCUT2D eigenvalue weighted by molar-refractivity contribution is 7.80. The standard InChI is InChI=1S/C25H25N3O4S/c1-13(2)14-6-11-17-20(12-14)32-25(31)18-4-3-5-19(26)21(18)22(30)24(17,25)28-23(33)27-15-7-9-16(29)10-8-15/h4,6-13,29,31H,3,5,26H2,1-2H3,(H2,27,28,33). The number of fused-ring (bicyclic) bond motifs is 5. The number of nitrogens with two attached hydrogens (primary N) is 1. The predicted octanol–water partition coefficient (Wildman–Crippen LogP) is 3.29. The Morgan fingerprint density at radius 2 is 1.94 bits per heavy atom. The van der Waals surface area contributed by atoms with Gasteiger partial charge in [0, 0.05) is 28.1 Å². The summed E-state index contributed by atoms with van der Waals surface area (Å²) in [5.41, 5.74) is 7.79. The van der Waals surface area contributed by atoms with Crippen molar-refractivity contribution in [3.63, 3.8) is 0 Å². The Hall–Kier alpha value is -3.36. The van der Waals surface area contributed by atoms with Gasteiger partial charge in [0.1, 0.15) is 11.5 Å². The monoisotopic (exact) mass is 463 g/mol. The molecule has 6 N–H and O–H groups in total.